The zero-order valence-electron chi connectivity index (χ0n) is 12.6. The van der Waals surface area contributed by atoms with Gasteiger partial charge in [0.05, 0.1) is 12.8 Å². The molecule has 1 aromatic carbocycles. The van der Waals surface area contributed by atoms with Crippen LogP contribution in [0.2, 0.25) is 0 Å². The van der Waals surface area contributed by atoms with E-state index >= 15 is 0 Å². The molecule has 0 aliphatic heterocycles. The standard InChI is InChI=1S/C15H20FNO4/c1-5-15(2,3)14(20)17-10-8-9(6-7-11(10)18)12(16)13(19)21-4/h6-8,12,18H,5H2,1-4H3,(H,17,20). The Morgan fingerprint density at radius 3 is 2.57 bits per heavy atom. The van der Waals surface area contributed by atoms with Crippen LogP contribution in [0.4, 0.5) is 10.1 Å². The van der Waals surface area contributed by atoms with Crippen molar-refractivity contribution in [2.24, 2.45) is 5.41 Å². The molecule has 0 saturated heterocycles. The summed E-state index contributed by atoms with van der Waals surface area (Å²) in [5.41, 5.74) is -0.560. The minimum absolute atomic E-state index is 0.00394. The molecule has 0 fully saturated rings. The number of benzene rings is 1. The number of halogens is 1. The van der Waals surface area contributed by atoms with Gasteiger partial charge < -0.3 is 15.2 Å². The lowest BCUT2D eigenvalue weighted by molar-refractivity contribution is -0.146. The Kier molecular flexibility index (Phi) is 5.29. The third kappa shape index (κ3) is 3.93. The number of carbonyl (C=O) groups excluding carboxylic acids is 2. The number of anilines is 1. The van der Waals surface area contributed by atoms with Crippen molar-refractivity contribution in [1.82, 2.24) is 0 Å². The lowest BCUT2D eigenvalue weighted by Crippen LogP contribution is -2.30. The molecule has 0 aliphatic carbocycles. The van der Waals surface area contributed by atoms with Crippen molar-refractivity contribution in [3.63, 3.8) is 0 Å². The predicted molar refractivity (Wildman–Crippen MR) is 76.7 cm³/mol. The Morgan fingerprint density at radius 2 is 2.05 bits per heavy atom. The molecule has 6 heteroatoms. The second kappa shape index (κ2) is 6.56. The Bertz CT molecular complexity index is 542. The van der Waals surface area contributed by atoms with Crippen LogP contribution in [0.3, 0.4) is 0 Å². The highest BCUT2D eigenvalue weighted by molar-refractivity contribution is 5.96. The summed E-state index contributed by atoms with van der Waals surface area (Å²) >= 11 is 0. The Hall–Kier alpha value is -2.11. The van der Waals surface area contributed by atoms with Gasteiger partial charge in [-0.15, -0.1) is 0 Å². The second-order valence-corrected chi connectivity index (χ2v) is 5.35. The summed E-state index contributed by atoms with van der Waals surface area (Å²) in [5, 5.41) is 12.3. The quantitative estimate of drug-likeness (QED) is 0.647. The van der Waals surface area contributed by atoms with E-state index in [9.17, 15) is 19.1 Å². The fourth-order valence-electron chi connectivity index (χ4n) is 1.50. The number of phenols is 1. The SMILES string of the molecule is CCC(C)(C)C(=O)Nc1cc(C(F)C(=O)OC)ccc1O. The Balaban J connectivity index is 3.03. The number of carbonyl (C=O) groups is 2. The molecule has 1 unspecified atom stereocenters. The number of amides is 1. The summed E-state index contributed by atoms with van der Waals surface area (Å²) in [6, 6.07) is 3.71. The van der Waals surface area contributed by atoms with E-state index in [0.717, 1.165) is 7.11 Å². The van der Waals surface area contributed by atoms with Gasteiger partial charge in [-0.3, -0.25) is 4.79 Å². The number of methoxy groups -OCH3 is 1. The molecule has 1 amide bonds. The molecule has 0 aliphatic rings. The first-order valence-electron chi connectivity index (χ1n) is 6.59. The molecule has 5 nitrogen and oxygen atoms in total. The van der Waals surface area contributed by atoms with Crippen LogP contribution in [-0.2, 0) is 14.3 Å². The van der Waals surface area contributed by atoms with E-state index in [1.54, 1.807) is 13.8 Å². The number of nitrogens with one attached hydrogen (secondary N) is 1. The van der Waals surface area contributed by atoms with Crippen molar-refractivity contribution in [1.29, 1.82) is 0 Å². The van der Waals surface area contributed by atoms with E-state index in [2.05, 4.69) is 10.1 Å². The molecule has 0 heterocycles. The maximum absolute atomic E-state index is 13.8. The van der Waals surface area contributed by atoms with Crippen LogP contribution in [0, 0.1) is 5.41 Å². The smallest absolute Gasteiger partial charge is 0.345 e. The van der Waals surface area contributed by atoms with Crippen molar-refractivity contribution in [2.75, 3.05) is 12.4 Å². The summed E-state index contributed by atoms with van der Waals surface area (Å²) in [7, 11) is 1.09. The second-order valence-electron chi connectivity index (χ2n) is 5.35. The Labute approximate surface area is 123 Å². The highest BCUT2D eigenvalue weighted by atomic mass is 19.1. The highest BCUT2D eigenvalue weighted by Crippen LogP contribution is 2.31. The zero-order valence-corrected chi connectivity index (χ0v) is 12.6. The first-order chi connectivity index (χ1) is 9.72. The van der Waals surface area contributed by atoms with Gasteiger partial charge in [-0.2, -0.15) is 0 Å². The van der Waals surface area contributed by atoms with E-state index in [0.29, 0.717) is 6.42 Å². The average molecular weight is 297 g/mol. The molecular formula is C15H20FNO4. The summed E-state index contributed by atoms with van der Waals surface area (Å²) in [6.45, 7) is 5.38. The van der Waals surface area contributed by atoms with Gasteiger partial charge in [-0.05, 0) is 24.1 Å². The third-order valence-corrected chi connectivity index (χ3v) is 3.47. The molecule has 1 atom stereocenters. The summed E-state index contributed by atoms with van der Waals surface area (Å²) in [5.74, 6) is -1.53. The molecule has 0 saturated carbocycles. The third-order valence-electron chi connectivity index (χ3n) is 3.47. The lowest BCUT2D eigenvalue weighted by atomic mass is 9.89. The van der Waals surface area contributed by atoms with Crippen molar-refractivity contribution >= 4 is 17.6 Å². The van der Waals surface area contributed by atoms with Crippen LogP contribution < -0.4 is 5.32 Å². The van der Waals surface area contributed by atoms with Gasteiger partial charge in [0.1, 0.15) is 5.75 Å². The number of aromatic hydroxyl groups is 1. The van der Waals surface area contributed by atoms with Crippen LogP contribution in [0.1, 0.15) is 38.9 Å². The van der Waals surface area contributed by atoms with Gasteiger partial charge in [-0.1, -0.05) is 26.8 Å². The molecule has 2 N–H and O–H groups in total. The van der Waals surface area contributed by atoms with Crippen LogP contribution in [0.5, 0.6) is 5.75 Å². The zero-order chi connectivity index (χ0) is 16.2. The van der Waals surface area contributed by atoms with E-state index in [1.165, 1.54) is 18.2 Å². The molecule has 0 spiro atoms. The molecule has 1 aromatic rings. The predicted octanol–water partition coefficient (Wildman–Crippen LogP) is 2.95. The monoisotopic (exact) mass is 297 g/mol. The van der Waals surface area contributed by atoms with Gasteiger partial charge in [0.25, 0.3) is 0 Å². The Morgan fingerprint density at radius 1 is 1.43 bits per heavy atom. The number of hydrogen-bond acceptors (Lipinski definition) is 4. The van der Waals surface area contributed by atoms with Crippen LogP contribution in [-0.4, -0.2) is 24.1 Å². The van der Waals surface area contributed by atoms with E-state index < -0.39 is 17.6 Å². The molecule has 0 radical (unpaired) electrons. The van der Waals surface area contributed by atoms with Crippen LogP contribution >= 0.6 is 0 Å². The van der Waals surface area contributed by atoms with Gasteiger partial charge in [0.2, 0.25) is 12.1 Å². The number of ether oxygens (including phenoxy) is 1. The van der Waals surface area contributed by atoms with Crippen LogP contribution in [0.15, 0.2) is 18.2 Å². The number of esters is 1. The molecule has 21 heavy (non-hydrogen) atoms. The number of phenolic OH excluding ortho intramolecular Hbond substituents is 1. The normalized spacial score (nSPS) is 12.6. The fourth-order valence-corrected chi connectivity index (χ4v) is 1.50. The highest BCUT2D eigenvalue weighted by Gasteiger charge is 2.27. The van der Waals surface area contributed by atoms with Crippen molar-refractivity contribution in [3.8, 4) is 5.75 Å². The van der Waals surface area contributed by atoms with E-state index in [1.807, 2.05) is 6.92 Å². The molecular weight excluding hydrogens is 277 g/mol. The first-order valence-corrected chi connectivity index (χ1v) is 6.59. The summed E-state index contributed by atoms with van der Waals surface area (Å²) < 4.78 is 18.1. The van der Waals surface area contributed by atoms with E-state index in [4.69, 9.17) is 0 Å². The fraction of sp³-hybridized carbons (Fsp3) is 0.467. The molecule has 116 valence electrons. The van der Waals surface area contributed by atoms with Crippen molar-refractivity contribution in [3.05, 3.63) is 23.8 Å². The van der Waals surface area contributed by atoms with E-state index in [-0.39, 0.29) is 22.9 Å². The van der Waals surface area contributed by atoms with Gasteiger partial charge in [-0.25, -0.2) is 9.18 Å². The molecule has 0 bridgehead atoms. The average Bonchev–Trinajstić information content (AvgIpc) is 2.47. The van der Waals surface area contributed by atoms with Crippen molar-refractivity contribution in [2.45, 2.75) is 33.4 Å². The van der Waals surface area contributed by atoms with Gasteiger partial charge >= 0.3 is 5.97 Å². The maximum atomic E-state index is 13.8. The molecule has 0 aromatic heterocycles. The minimum Gasteiger partial charge on any atom is -0.506 e. The lowest BCUT2D eigenvalue weighted by Gasteiger charge is -2.22. The summed E-state index contributed by atoms with van der Waals surface area (Å²) in [6.07, 6.45) is -1.36. The minimum atomic E-state index is -1.97. The van der Waals surface area contributed by atoms with Gasteiger partial charge in [0.15, 0.2) is 0 Å². The number of rotatable bonds is 5. The van der Waals surface area contributed by atoms with Gasteiger partial charge in [0, 0.05) is 5.41 Å². The number of alkyl halides is 1. The summed E-state index contributed by atoms with van der Waals surface area (Å²) in [4.78, 5) is 23.3. The largest absolute Gasteiger partial charge is 0.506 e. The van der Waals surface area contributed by atoms with Crippen LogP contribution in [0.25, 0.3) is 0 Å². The maximum Gasteiger partial charge on any atom is 0.345 e. The molecule has 1 rings (SSSR count). The first kappa shape index (κ1) is 16.9. The number of hydrogen-bond donors (Lipinski definition) is 2. The van der Waals surface area contributed by atoms with Crippen molar-refractivity contribution < 1.29 is 23.8 Å². The topological polar surface area (TPSA) is 75.6 Å².